The average Bonchev–Trinajstić information content (AvgIpc) is 2.60. The molecule has 0 atom stereocenters. The minimum Gasteiger partial charge on any atom is -0.440 e. The summed E-state index contributed by atoms with van der Waals surface area (Å²) in [4.78, 5) is 39.4. The summed E-state index contributed by atoms with van der Waals surface area (Å²) in [6.45, 7) is 2.33. The second-order valence-corrected chi connectivity index (χ2v) is 5.81. The zero-order chi connectivity index (χ0) is 17.3. The largest absolute Gasteiger partial charge is 0.440 e. The summed E-state index contributed by atoms with van der Waals surface area (Å²) >= 11 is 0. The van der Waals surface area contributed by atoms with Gasteiger partial charge in [0, 0.05) is 38.8 Å². The van der Waals surface area contributed by atoms with E-state index < -0.39 is 0 Å². The van der Waals surface area contributed by atoms with Crippen LogP contribution in [0, 0.1) is 0 Å². The molecule has 1 aromatic carbocycles. The van der Waals surface area contributed by atoms with Crippen LogP contribution in [0.15, 0.2) is 27.4 Å². The lowest BCUT2D eigenvalue weighted by Crippen LogP contribution is -2.36. The van der Waals surface area contributed by atoms with Gasteiger partial charge in [0.15, 0.2) is 23.2 Å². The number of amides is 1. The Balaban J connectivity index is 2.16. The fourth-order valence-electron chi connectivity index (χ4n) is 2.68. The zero-order valence-electron chi connectivity index (χ0n) is 13.6. The van der Waals surface area contributed by atoms with Crippen LogP contribution in [0.1, 0.15) is 20.7 Å². The summed E-state index contributed by atoms with van der Waals surface area (Å²) in [6, 6.07) is 4.31. The predicted molar refractivity (Wildman–Crippen MR) is 88.9 cm³/mol. The predicted octanol–water partition coefficient (Wildman–Crippen LogP) is 1.14. The molecule has 1 fully saturated rings. The Kier molecular flexibility index (Phi) is 4.35. The Morgan fingerprint density at radius 2 is 1.92 bits per heavy atom. The van der Waals surface area contributed by atoms with Crippen molar-refractivity contribution in [3.8, 4) is 0 Å². The maximum absolute atomic E-state index is 12.5. The van der Waals surface area contributed by atoms with Crippen molar-refractivity contribution in [3.05, 3.63) is 39.5 Å². The topological polar surface area (TPSA) is 80.1 Å². The molecule has 1 aliphatic heterocycles. The third-order valence-electron chi connectivity index (χ3n) is 3.95. The number of rotatable bonds is 3. The van der Waals surface area contributed by atoms with E-state index in [2.05, 4.69) is 0 Å². The van der Waals surface area contributed by atoms with Crippen molar-refractivity contribution < 1.29 is 18.7 Å². The van der Waals surface area contributed by atoms with Crippen LogP contribution in [0.2, 0.25) is 0 Å². The lowest BCUT2D eigenvalue weighted by Gasteiger charge is -2.27. The first-order chi connectivity index (χ1) is 11.5. The quantitative estimate of drug-likeness (QED) is 0.785. The van der Waals surface area contributed by atoms with Crippen LogP contribution in [-0.4, -0.2) is 57.5 Å². The Bertz CT molecular complexity index is 850. The molecule has 7 nitrogen and oxygen atoms in total. The lowest BCUT2D eigenvalue weighted by molar-refractivity contribution is 0.0827. The molecule has 0 bridgehead atoms. The van der Waals surface area contributed by atoms with E-state index in [0.717, 1.165) is 0 Å². The Morgan fingerprint density at radius 1 is 1.21 bits per heavy atom. The van der Waals surface area contributed by atoms with Gasteiger partial charge in [-0.3, -0.25) is 14.4 Å². The third kappa shape index (κ3) is 2.90. The van der Waals surface area contributed by atoms with Crippen LogP contribution in [0.25, 0.3) is 11.0 Å². The number of carbonyl (C=O) groups is 2. The fraction of sp³-hybridized carbons (Fsp3) is 0.353. The van der Waals surface area contributed by atoms with E-state index in [4.69, 9.17) is 9.15 Å². The minimum atomic E-state index is -0.283. The molecule has 1 aliphatic rings. The fourth-order valence-corrected chi connectivity index (χ4v) is 2.68. The van der Waals surface area contributed by atoms with E-state index in [1.165, 1.54) is 23.1 Å². The van der Waals surface area contributed by atoms with Crippen molar-refractivity contribution in [3.63, 3.8) is 0 Å². The Morgan fingerprint density at radius 3 is 2.54 bits per heavy atom. The van der Waals surface area contributed by atoms with Gasteiger partial charge in [0.05, 0.1) is 24.2 Å². The molecule has 0 unspecified atom stereocenters. The molecule has 0 radical (unpaired) electrons. The highest BCUT2D eigenvalue weighted by molar-refractivity contribution is 6.03. The molecule has 24 heavy (non-hydrogen) atoms. The van der Waals surface area contributed by atoms with Crippen molar-refractivity contribution in [2.24, 2.45) is 0 Å². The van der Waals surface area contributed by atoms with Gasteiger partial charge in [0.2, 0.25) is 0 Å². The molecule has 0 spiro atoms. The van der Waals surface area contributed by atoms with Gasteiger partial charge in [-0.15, -0.1) is 0 Å². The second-order valence-electron chi connectivity index (χ2n) is 5.81. The normalized spacial score (nSPS) is 14.7. The van der Waals surface area contributed by atoms with Crippen molar-refractivity contribution in [2.45, 2.75) is 0 Å². The first-order valence-electron chi connectivity index (χ1n) is 7.62. The van der Waals surface area contributed by atoms with E-state index >= 15 is 0 Å². The van der Waals surface area contributed by atoms with Crippen molar-refractivity contribution >= 4 is 29.0 Å². The number of nitrogens with zero attached hydrogens (tertiary/aromatic N) is 2. The van der Waals surface area contributed by atoms with Crippen LogP contribution in [0.4, 0.5) is 5.88 Å². The molecule has 1 saturated heterocycles. The van der Waals surface area contributed by atoms with E-state index in [9.17, 15) is 14.4 Å². The van der Waals surface area contributed by atoms with Crippen LogP contribution in [0.3, 0.4) is 0 Å². The first-order valence-corrected chi connectivity index (χ1v) is 7.62. The molecule has 0 N–H and O–H groups in total. The summed E-state index contributed by atoms with van der Waals surface area (Å²) in [6.07, 6.45) is 0.598. The van der Waals surface area contributed by atoms with E-state index in [1.807, 2.05) is 4.90 Å². The summed E-state index contributed by atoms with van der Waals surface area (Å²) in [5, 5.41) is 0.224. The van der Waals surface area contributed by atoms with Gasteiger partial charge in [-0.05, 0) is 12.1 Å². The molecule has 1 amide bonds. The molecule has 2 aromatic rings. The maximum atomic E-state index is 12.5. The summed E-state index contributed by atoms with van der Waals surface area (Å²) in [5.74, 6) is 0.127. The minimum absolute atomic E-state index is 0.185. The van der Waals surface area contributed by atoms with Crippen LogP contribution in [-0.2, 0) is 4.74 Å². The van der Waals surface area contributed by atoms with Crippen LogP contribution >= 0.6 is 0 Å². The number of carbonyl (C=O) groups excluding carboxylic acids is 2. The number of hydrogen-bond acceptors (Lipinski definition) is 6. The van der Waals surface area contributed by atoms with E-state index in [0.29, 0.717) is 38.5 Å². The first kappa shape index (κ1) is 16.2. The summed E-state index contributed by atoms with van der Waals surface area (Å²) in [7, 11) is 3.22. The monoisotopic (exact) mass is 330 g/mol. The van der Waals surface area contributed by atoms with Gasteiger partial charge in [0.25, 0.3) is 5.91 Å². The number of hydrogen-bond donors (Lipinski definition) is 0. The number of aldehydes is 1. The molecule has 0 saturated carbocycles. The molecule has 0 aliphatic carbocycles. The SMILES string of the molecule is CN(C)C(=O)c1cc(C=O)c2oc(N3CCOCC3)cc(=O)c2c1. The van der Waals surface area contributed by atoms with E-state index in [-0.39, 0.29) is 33.4 Å². The van der Waals surface area contributed by atoms with Gasteiger partial charge >= 0.3 is 0 Å². The number of morpholine rings is 1. The zero-order valence-corrected chi connectivity index (χ0v) is 13.6. The Labute approximate surface area is 138 Å². The average molecular weight is 330 g/mol. The highest BCUT2D eigenvalue weighted by atomic mass is 16.5. The van der Waals surface area contributed by atoms with Gasteiger partial charge in [0.1, 0.15) is 0 Å². The highest BCUT2D eigenvalue weighted by Gasteiger charge is 2.19. The van der Waals surface area contributed by atoms with Crippen LogP contribution in [0.5, 0.6) is 0 Å². The summed E-state index contributed by atoms with van der Waals surface area (Å²) in [5.41, 5.74) is 0.384. The Hall–Kier alpha value is -2.67. The molecular formula is C17H18N2O5. The number of benzene rings is 1. The van der Waals surface area contributed by atoms with Crippen LogP contribution < -0.4 is 10.3 Å². The van der Waals surface area contributed by atoms with Gasteiger partial charge in [-0.2, -0.15) is 0 Å². The molecular weight excluding hydrogens is 312 g/mol. The van der Waals surface area contributed by atoms with E-state index in [1.54, 1.807) is 14.1 Å². The number of fused-ring (bicyclic) bond motifs is 1. The molecule has 1 aromatic heterocycles. The number of ether oxygens (including phenoxy) is 1. The van der Waals surface area contributed by atoms with Crippen molar-refractivity contribution in [2.75, 3.05) is 45.3 Å². The molecule has 3 rings (SSSR count). The third-order valence-corrected chi connectivity index (χ3v) is 3.95. The lowest BCUT2D eigenvalue weighted by atomic mass is 10.1. The standard InChI is InChI=1S/C17H18N2O5/c1-18(2)17(22)11-7-12(10-20)16-13(8-11)14(21)9-15(24-16)19-3-5-23-6-4-19/h7-10H,3-6H2,1-2H3. The molecule has 2 heterocycles. The van der Waals surface area contributed by atoms with Gasteiger partial charge in [-0.1, -0.05) is 0 Å². The highest BCUT2D eigenvalue weighted by Crippen LogP contribution is 2.24. The summed E-state index contributed by atoms with van der Waals surface area (Å²) < 4.78 is 11.1. The molecule has 7 heteroatoms. The smallest absolute Gasteiger partial charge is 0.253 e. The second kappa shape index (κ2) is 6.45. The van der Waals surface area contributed by atoms with Gasteiger partial charge < -0.3 is 19.0 Å². The number of anilines is 1. The molecule has 126 valence electrons. The van der Waals surface area contributed by atoms with Gasteiger partial charge in [-0.25, -0.2) is 0 Å². The van der Waals surface area contributed by atoms with Crippen molar-refractivity contribution in [1.29, 1.82) is 0 Å². The van der Waals surface area contributed by atoms with Crippen molar-refractivity contribution in [1.82, 2.24) is 4.90 Å². The maximum Gasteiger partial charge on any atom is 0.253 e.